The minimum Gasteiger partial charge on any atom is -0.386 e. The Morgan fingerprint density at radius 2 is 1.81 bits per heavy atom. The molecule has 0 aliphatic heterocycles. The number of benzene rings is 2. The Balaban J connectivity index is 1.90. The van der Waals surface area contributed by atoms with E-state index in [1.807, 2.05) is 18.2 Å². The number of carbonyl (C=O) groups is 1. The van der Waals surface area contributed by atoms with Crippen LogP contribution >= 0.6 is 0 Å². The zero-order valence-electron chi connectivity index (χ0n) is 11.2. The van der Waals surface area contributed by atoms with Crippen LogP contribution in [0.4, 0.5) is 4.39 Å². The molecular weight excluding hydrogens is 269 g/mol. The van der Waals surface area contributed by atoms with E-state index in [-0.39, 0.29) is 12.1 Å². The standard InChI is InChI=1S/C17H14FNO2/c18-15-9-5-4-8-14(15)16(20)12-19-17(21)11-10-13-6-2-1-3-7-13/h1-9,16,20H,12H2,(H,19,21). The average molecular weight is 283 g/mol. The second-order valence-electron chi connectivity index (χ2n) is 4.36. The maximum absolute atomic E-state index is 13.4. The van der Waals surface area contributed by atoms with Crippen LogP contribution < -0.4 is 5.32 Å². The van der Waals surface area contributed by atoms with Crippen molar-refractivity contribution in [1.82, 2.24) is 5.32 Å². The first kappa shape index (κ1) is 14.8. The molecule has 2 N–H and O–H groups in total. The Bertz CT molecular complexity index is 674. The summed E-state index contributed by atoms with van der Waals surface area (Å²) in [6.07, 6.45) is -1.10. The fourth-order valence-corrected chi connectivity index (χ4v) is 1.74. The van der Waals surface area contributed by atoms with Gasteiger partial charge in [-0.1, -0.05) is 42.3 Å². The third-order valence-electron chi connectivity index (χ3n) is 2.81. The lowest BCUT2D eigenvalue weighted by Gasteiger charge is -2.11. The monoisotopic (exact) mass is 283 g/mol. The lowest BCUT2D eigenvalue weighted by Crippen LogP contribution is -2.27. The van der Waals surface area contributed by atoms with Crippen molar-refractivity contribution in [3.05, 3.63) is 71.5 Å². The zero-order chi connectivity index (χ0) is 15.1. The van der Waals surface area contributed by atoms with E-state index in [4.69, 9.17) is 0 Å². The van der Waals surface area contributed by atoms with Crippen molar-refractivity contribution >= 4 is 5.91 Å². The van der Waals surface area contributed by atoms with E-state index in [0.717, 1.165) is 5.56 Å². The van der Waals surface area contributed by atoms with E-state index in [2.05, 4.69) is 17.2 Å². The predicted molar refractivity (Wildman–Crippen MR) is 77.7 cm³/mol. The Morgan fingerprint density at radius 3 is 2.52 bits per heavy atom. The molecule has 0 fully saturated rings. The number of aliphatic hydroxyl groups is 1. The van der Waals surface area contributed by atoms with Crippen molar-refractivity contribution in [3.8, 4) is 11.8 Å². The first-order chi connectivity index (χ1) is 10.2. The van der Waals surface area contributed by atoms with Gasteiger partial charge in [0.25, 0.3) is 5.91 Å². The Labute approximate surface area is 122 Å². The molecule has 106 valence electrons. The van der Waals surface area contributed by atoms with Gasteiger partial charge in [0.05, 0.1) is 6.10 Å². The molecule has 2 rings (SSSR count). The lowest BCUT2D eigenvalue weighted by atomic mass is 10.1. The zero-order valence-corrected chi connectivity index (χ0v) is 11.2. The van der Waals surface area contributed by atoms with Crippen LogP contribution in [-0.4, -0.2) is 17.6 Å². The van der Waals surface area contributed by atoms with Crippen molar-refractivity contribution in [2.24, 2.45) is 0 Å². The highest BCUT2D eigenvalue weighted by Gasteiger charge is 2.12. The molecule has 4 heteroatoms. The van der Waals surface area contributed by atoms with Crippen LogP contribution in [0.15, 0.2) is 54.6 Å². The number of hydrogen-bond donors (Lipinski definition) is 2. The fraction of sp³-hybridized carbons (Fsp3) is 0.118. The number of halogens is 1. The van der Waals surface area contributed by atoms with Gasteiger partial charge in [-0.15, -0.1) is 0 Å². The van der Waals surface area contributed by atoms with Gasteiger partial charge in [0.1, 0.15) is 5.82 Å². The van der Waals surface area contributed by atoms with Crippen molar-refractivity contribution in [3.63, 3.8) is 0 Å². The first-order valence-corrected chi connectivity index (χ1v) is 6.44. The van der Waals surface area contributed by atoms with Gasteiger partial charge in [-0.3, -0.25) is 4.79 Å². The molecule has 21 heavy (non-hydrogen) atoms. The summed E-state index contributed by atoms with van der Waals surface area (Å²) in [6, 6.07) is 15.0. The Morgan fingerprint density at radius 1 is 1.14 bits per heavy atom. The van der Waals surface area contributed by atoms with E-state index in [9.17, 15) is 14.3 Å². The Kier molecular flexibility index (Phi) is 5.08. The second kappa shape index (κ2) is 7.22. The molecule has 0 bridgehead atoms. The van der Waals surface area contributed by atoms with Crippen molar-refractivity contribution in [2.45, 2.75) is 6.10 Å². The predicted octanol–water partition coefficient (Wildman–Crippen LogP) is 2.03. The van der Waals surface area contributed by atoms with Crippen molar-refractivity contribution in [1.29, 1.82) is 0 Å². The molecule has 0 radical (unpaired) electrons. The SMILES string of the molecule is O=C(C#Cc1ccccc1)NCC(O)c1ccccc1F. The largest absolute Gasteiger partial charge is 0.386 e. The van der Waals surface area contributed by atoms with E-state index < -0.39 is 17.8 Å². The molecule has 0 heterocycles. The van der Waals surface area contributed by atoms with Crippen LogP contribution in [-0.2, 0) is 4.79 Å². The Hall–Kier alpha value is -2.64. The molecule has 0 saturated carbocycles. The maximum atomic E-state index is 13.4. The molecule has 0 aliphatic rings. The highest BCUT2D eigenvalue weighted by molar-refractivity contribution is 5.94. The molecule has 1 unspecified atom stereocenters. The summed E-state index contributed by atoms with van der Waals surface area (Å²) in [7, 11) is 0. The molecule has 2 aromatic carbocycles. The van der Waals surface area contributed by atoms with Gasteiger partial charge in [-0.2, -0.15) is 0 Å². The van der Waals surface area contributed by atoms with Crippen LogP contribution in [0.5, 0.6) is 0 Å². The van der Waals surface area contributed by atoms with E-state index in [1.165, 1.54) is 18.2 Å². The van der Waals surface area contributed by atoms with E-state index >= 15 is 0 Å². The maximum Gasteiger partial charge on any atom is 0.296 e. The highest BCUT2D eigenvalue weighted by Crippen LogP contribution is 2.15. The van der Waals surface area contributed by atoms with Crippen LogP contribution in [0.2, 0.25) is 0 Å². The molecule has 0 aliphatic carbocycles. The van der Waals surface area contributed by atoms with Crippen LogP contribution in [0.1, 0.15) is 17.2 Å². The van der Waals surface area contributed by atoms with Gasteiger partial charge in [-0.25, -0.2) is 4.39 Å². The van der Waals surface area contributed by atoms with E-state index in [1.54, 1.807) is 18.2 Å². The molecule has 3 nitrogen and oxygen atoms in total. The number of aliphatic hydroxyl groups excluding tert-OH is 1. The lowest BCUT2D eigenvalue weighted by molar-refractivity contribution is -0.116. The topological polar surface area (TPSA) is 49.3 Å². The molecule has 2 aromatic rings. The number of rotatable bonds is 3. The van der Waals surface area contributed by atoms with Gasteiger partial charge in [0.2, 0.25) is 0 Å². The van der Waals surface area contributed by atoms with Gasteiger partial charge in [0, 0.05) is 23.6 Å². The molecule has 0 spiro atoms. The summed E-state index contributed by atoms with van der Waals surface area (Å²) in [4.78, 5) is 11.5. The van der Waals surface area contributed by atoms with E-state index in [0.29, 0.717) is 0 Å². The summed E-state index contributed by atoms with van der Waals surface area (Å²) in [6.45, 7) is -0.0940. The first-order valence-electron chi connectivity index (χ1n) is 6.44. The second-order valence-corrected chi connectivity index (χ2v) is 4.36. The van der Waals surface area contributed by atoms with Crippen molar-refractivity contribution in [2.75, 3.05) is 6.54 Å². The third kappa shape index (κ3) is 4.44. The summed E-state index contributed by atoms with van der Waals surface area (Å²) in [5, 5.41) is 12.3. The van der Waals surface area contributed by atoms with Crippen molar-refractivity contribution < 1.29 is 14.3 Å². The molecule has 1 amide bonds. The third-order valence-corrected chi connectivity index (χ3v) is 2.81. The highest BCUT2D eigenvalue weighted by atomic mass is 19.1. The quantitative estimate of drug-likeness (QED) is 0.847. The van der Waals surface area contributed by atoms with Crippen LogP contribution in [0, 0.1) is 17.7 Å². The summed E-state index contributed by atoms with van der Waals surface area (Å²) >= 11 is 0. The minimum atomic E-state index is -1.10. The van der Waals surface area contributed by atoms with Gasteiger partial charge < -0.3 is 10.4 Å². The molecule has 0 saturated heterocycles. The van der Waals surface area contributed by atoms with Gasteiger partial charge in [0.15, 0.2) is 0 Å². The smallest absolute Gasteiger partial charge is 0.296 e. The molecule has 0 aromatic heterocycles. The summed E-state index contributed by atoms with van der Waals surface area (Å²) in [5.41, 5.74) is 0.871. The average Bonchev–Trinajstić information content (AvgIpc) is 2.52. The molecular formula is C17H14FNO2. The molecule has 1 atom stereocenters. The number of amides is 1. The van der Waals surface area contributed by atoms with Gasteiger partial charge in [-0.05, 0) is 18.2 Å². The number of nitrogens with one attached hydrogen (secondary N) is 1. The normalized spacial score (nSPS) is 11.1. The minimum absolute atomic E-state index is 0.0940. The van der Waals surface area contributed by atoms with Crippen LogP contribution in [0.3, 0.4) is 0 Å². The summed E-state index contributed by atoms with van der Waals surface area (Å²) < 4.78 is 13.4. The number of carbonyl (C=O) groups excluding carboxylic acids is 1. The number of hydrogen-bond acceptors (Lipinski definition) is 2. The van der Waals surface area contributed by atoms with Gasteiger partial charge >= 0.3 is 0 Å². The van der Waals surface area contributed by atoms with Crippen LogP contribution in [0.25, 0.3) is 0 Å². The fourth-order valence-electron chi connectivity index (χ4n) is 1.74. The summed E-state index contributed by atoms with van der Waals surface area (Å²) in [5.74, 6) is 4.09.